The normalized spacial score (nSPS) is 15.4. The van der Waals surface area contributed by atoms with Crippen LogP contribution in [0.5, 0.6) is 0 Å². The van der Waals surface area contributed by atoms with Crippen LogP contribution < -0.4 is 5.73 Å². The van der Waals surface area contributed by atoms with Gasteiger partial charge in [0.05, 0.1) is 5.56 Å². The van der Waals surface area contributed by atoms with E-state index in [0.29, 0.717) is 17.2 Å². The third kappa shape index (κ3) is 2.60. The summed E-state index contributed by atoms with van der Waals surface area (Å²) >= 11 is 0. The van der Waals surface area contributed by atoms with Crippen molar-refractivity contribution in [1.29, 1.82) is 0 Å². The molecule has 17 heavy (non-hydrogen) atoms. The van der Waals surface area contributed by atoms with Gasteiger partial charge in [-0.05, 0) is 37.8 Å². The van der Waals surface area contributed by atoms with Crippen molar-refractivity contribution in [2.75, 3.05) is 18.8 Å². The van der Waals surface area contributed by atoms with Crippen LogP contribution in [-0.4, -0.2) is 23.9 Å². The molecule has 2 N–H and O–H groups in total. The van der Waals surface area contributed by atoms with Gasteiger partial charge in [-0.25, -0.2) is 0 Å². The molecule has 0 spiro atoms. The molecule has 1 saturated carbocycles. The standard InChI is InChI=1S/C14H20N2O/c1-2-16(10-11-6-5-7-11)14(17)12-8-3-4-9-13(12)15/h3-4,8-9,11H,2,5-7,10,15H2,1H3. The molecule has 1 aliphatic carbocycles. The molecule has 0 atom stereocenters. The summed E-state index contributed by atoms with van der Waals surface area (Å²) in [7, 11) is 0. The van der Waals surface area contributed by atoms with Crippen LogP contribution in [-0.2, 0) is 0 Å². The van der Waals surface area contributed by atoms with Gasteiger partial charge in [0.15, 0.2) is 0 Å². The second kappa shape index (κ2) is 5.21. The number of nitrogen functional groups attached to an aromatic ring is 1. The van der Waals surface area contributed by atoms with E-state index in [4.69, 9.17) is 5.73 Å². The molecule has 1 fully saturated rings. The number of para-hydroxylation sites is 1. The lowest BCUT2D eigenvalue weighted by Gasteiger charge is -2.32. The van der Waals surface area contributed by atoms with Crippen molar-refractivity contribution in [1.82, 2.24) is 4.90 Å². The van der Waals surface area contributed by atoms with Crippen LogP contribution in [0.2, 0.25) is 0 Å². The van der Waals surface area contributed by atoms with E-state index in [9.17, 15) is 4.79 Å². The first-order chi connectivity index (χ1) is 8.22. The number of amides is 1. The number of anilines is 1. The van der Waals surface area contributed by atoms with Crippen molar-refractivity contribution in [3.8, 4) is 0 Å². The number of nitrogens with zero attached hydrogens (tertiary/aromatic N) is 1. The van der Waals surface area contributed by atoms with Gasteiger partial charge >= 0.3 is 0 Å². The second-order valence-corrected chi connectivity index (χ2v) is 4.73. The summed E-state index contributed by atoms with van der Waals surface area (Å²) in [6, 6.07) is 7.31. The van der Waals surface area contributed by atoms with Gasteiger partial charge in [-0.1, -0.05) is 18.6 Å². The number of benzene rings is 1. The van der Waals surface area contributed by atoms with Crippen LogP contribution in [0, 0.1) is 5.92 Å². The van der Waals surface area contributed by atoms with Crippen molar-refractivity contribution in [2.45, 2.75) is 26.2 Å². The van der Waals surface area contributed by atoms with Crippen molar-refractivity contribution in [3.63, 3.8) is 0 Å². The van der Waals surface area contributed by atoms with E-state index in [1.54, 1.807) is 12.1 Å². The maximum Gasteiger partial charge on any atom is 0.255 e. The third-order valence-electron chi connectivity index (χ3n) is 3.56. The summed E-state index contributed by atoms with van der Waals surface area (Å²) < 4.78 is 0. The minimum Gasteiger partial charge on any atom is -0.398 e. The Balaban J connectivity index is 2.08. The summed E-state index contributed by atoms with van der Waals surface area (Å²) in [5, 5.41) is 0. The van der Waals surface area contributed by atoms with Gasteiger partial charge < -0.3 is 10.6 Å². The molecule has 3 nitrogen and oxygen atoms in total. The van der Waals surface area contributed by atoms with Gasteiger partial charge in [-0.3, -0.25) is 4.79 Å². The Bertz CT molecular complexity index is 399. The Kier molecular flexibility index (Phi) is 3.67. The summed E-state index contributed by atoms with van der Waals surface area (Å²) in [5.74, 6) is 0.765. The first kappa shape index (κ1) is 12.0. The zero-order chi connectivity index (χ0) is 12.3. The number of carbonyl (C=O) groups excluding carboxylic acids is 1. The van der Waals surface area contributed by atoms with Gasteiger partial charge in [0.2, 0.25) is 0 Å². The maximum absolute atomic E-state index is 12.3. The smallest absolute Gasteiger partial charge is 0.255 e. The lowest BCUT2D eigenvalue weighted by atomic mass is 9.85. The zero-order valence-corrected chi connectivity index (χ0v) is 10.4. The quantitative estimate of drug-likeness (QED) is 0.811. The molecule has 0 radical (unpaired) electrons. The Morgan fingerprint density at radius 3 is 2.65 bits per heavy atom. The van der Waals surface area contributed by atoms with Crippen LogP contribution in [0.1, 0.15) is 36.5 Å². The minimum atomic E-state index is 0.0671. The average Bonchev–Trinajstić information content (AvgIpc) is 2.28. The summed E-state index contributed by atoms with van der Waals surface area (Å²) in [6.45, 7) is 3.66. The van der Waals surface area contributed by atoms with Crippen molar-refractivity contribution < 1.29 is 4.79 Å². The molecule has 0 unspecified atom stereocenters. The van der Waals surface area contributed by atoms with Crippen LogP contribution in [0.15, 0.2) is 24.3 Å². The SMILES string of the molecule is CCN(CC1CCC1)C(=O)c1ccccc1N. The van der Waals surface area contributed by atoms with Gasteiger partial charge in [0.1, 0.15) is 0 Å². The van der Waals surface area contributed by atoms with Gasteiger partial charge in [0, 0.05) is 18.8 Å². The van der Waals surface area contributed by atoms with E-state index in [1.807, 2.05) is 24.0 Å². The van der Waals surface area contributed by atoms with Gasteiger partial charge in [-0.15, -0.1) is 0 Å². The second-order valence-electron chi connectivity index (χ2n) is 4.73. The lowest BCUT2D eigenvalue weighted by molar-refractivity contribution is 0.0707. The van der Waals surface area contributed by atoms with E-state index in [1.165, 1.54) is 19.3 Å². The van der Waals surface area contributed by atoms with Crippen molar-refractivity contribution >= 4 is 11.6 Å². The molecule has 1 aliphatic rings. The third-order valence-corrected chi connectivity index (χ3v) is 3.56. The fraction of sp³-hybridized carbons (Fsp3) is 0.500. The minimum absolute atomic E-state index is 0.0671. The van der Waals surface area contributed by atoms with Gasteiger partial charge in [0.25, 0.3) is 5.91 Å². The molecule has 1 aromatic carbocycles. The zero-order valence-electron chi connectivity index (χ0n) is 10.4. The highest BCUT2D eigenvalue weighted by Gasteiger charge is 2.24. The first-order valence-corrected chi connectivity index (χ1v) is 6.36. The Morgan fingerprint density at radius 2 is 2.12 bits per heavy atom. The highest BCUT2D eigenvalue weighted by molar-refractivity contribution is 5.99. The lowest BCUT2D eigenvalue weighted by Crippen LogP contribution is -2.37. The Hall–Kier alpha value is -1.51. The molecular weight excluding hydrogens is 212 g/mol. The predicted molar refractivity (Wildman–Crippen MR) is 69.8 cm³/mol. The molecule has 1 aromatic rings. The predicted octanol–water partition coefficient (Wildman–Crippen LogP) is 2.53. The monoisotopic (exact) mass is 232 g/mol. The molecular formula is C14H20N2O. The first-order valence-electron chi connectivity index (χ1n) is 6.36. The Morgan fingerprint density at radius 1 is 1.41 bits per heavy atom. The summed E-state index contributed by atoms with van der Waals surface area (Å²) in [5.41, 5.74) is 7.05. The molecule has 0 aromatic heterocycles. The number of hydrogen-bond acceptors (Lipinski definition) is 2. The fourth-order valence-corrected chi connectivity index (χ4v) is 2.20. The highest BCUT2D eigenvalue weighted by Crippen LogP contribution is 2.27. The fourth-order valence-electron chi connectivity index (χ4n) is 2.20. The van der Waals surface area contributed by atoms with Crippen LogP contribution in [0.25, 0.3) is 0 Å². The molecule has 0 heterocycles. The molecule has 92 valence electrons. The van der Waals surface area contributed by atoms with E-state index in [-0.39, 0.29) is 5.91 Å². The molecule has 2 rings (SSSR count). The maximum atomic E-state index is 12.3. The summed E-state index contributed by atoms with van der Waals surface area (Å²) in [4.78, 5) is 14.2. The van der Waals surface area contributed by atoms with Crippen molar-refractivity contribution in [3.05, 3.63) is 29.8 Å². The van der Waals surface area contributed by atoms with Crippen LogP contribution >= 0.6 is 0 Å². The van der Waals surface area contributed by atoms with E-state index >= 15 is 0 Å². The molecule has 3 heteroatoms. The van der Waals surface area contributed by atoms with Gasteiger partial charge in [-0.2, -0.15) is 0 Å². The number of rotatable bonds is 4. The number of nitrogens with two attached hydrogens (primary N) is 1. The molecule has 0 saturated heterocycles. The highest BCUT2D eigenvalue weighted by atomic mass is 16.2. The van der Waals surface area contributed by atoms with Crippen molar-refractivity contribution in [2.24, 2.45) is 5.92 Å². The van der Waals surface area contributed by atoms with E-state index in [0.717, 1.165) is 13.1 Å². The number of carbonyl (C=O) groups is 1. The largest absolute Gasteiger partial charge is 0.398 e. The Labute approximate surface area is 103 Å². The summed E-state index contributed by atoms with van der Waals surface area (Å²) in [6.07, 6.45) is 3.83. The van der Waals surface area contributed by atoms with E-state index < -0.39 is 0 Å². The van der Waals surface area contributed by atoms with Crippen LogP contribution in [0.3, 0.4) is 0 Å². The van der Waals surface area contributed by atoms with Crippen LogP contribution in [0.4, 0.5) is 5.69 Å². The average molecular weight is 232 g/mol. The van der Waals surface area contributed by atoms with E-state index in [2.05, 4.69) is 0 Å². The molecule has 0 aliphatic heterocycles. The molecule has 0 bridgehead atoms. The number of hydrogen-bond donors (Lipinski definition) is 1. The molecule has 1 amide bonds. The topological polar surface area (TPSA) is 46.3 Å².